The number of nitrogens with one attached hydrogen (secondary N) is 1. The summed E-state index contributed by atoms with van der Waals surface area (Å²) < 4.78 is 4.71. The van der Waals surface area contributed by atoms with Crippen molar-refractivity contribution in [2.45, 2.75) is 12.8 Å². The molecule has 1 N–H and O–H groups in total. The highest BCUT2D eigenvalue weighted by atomic mass is 16.5. The Bertz CT molecular complexity index is 125. The van der Waals surface area contributed by atoms with E-state index in [1.54, 1.807) is 7.11 Å². The molecule has 0 radical (unpaired) electrons. The summed E-state index contributed by atoms with van der Waals surface area (Å²) in [5.74, 6) is -0.103. The second-order valence-corrected chi connectivity index (χ2v) is 2.05. The molecule has 0 aromatic heterocycles. The van der Waals surface area contributed by atoms with Crippen molar-refractivity contribution in [2.75, 3.05) is 20.3 Å². The molecule has 4 nitrogen and oxygen atoms in total. The third kappa shape index (κ3) is 6.99. The Kier molecular flexibility index (Phi) is 6.62. The minimum Gasteiger partial charge on any atom is -0.383 e. The molecule has 0 aliphatic carbocycles. The van der Waals surface area contributed by atoms with E-state index in [1.807, 2.05) is 0 Å². The van der Waals surface area contributed by atoms with Crippen LogP contribution in [-0.2, 0) is 14.3 Å². The van der Waals surface area contributed by atoms with Gasteiger partial charge in [-0.1, -0.05) is 0 Å². The number of aldehydes is 1. The van der Waals surface area contributed by atoms with E-state index in [9.17, 15) is 9.59 Å². The average molecular weight is 159 g/mol. The first-order chi connectivity index (χ1) is 5.31. The van der Waals surface area contributed by atoms with Crippen LogP contribution in [0.2, 0.25) is 0 Å². The van der Waals surface area contributed by atoms with E-state index in [1.165, 1.54) is 0 Å². The van der Waals surface area contributed by atoms with Crippen molar-refractivity contribution in [1.29, 1.82) is 0 Å². The summed E-state index contributed by atoms with van der Waals surface area (Å²) in [6.45, 7) is 1.01. The molecule has 0 aromatic carbocycles. The molecule has 0 fully saturated rings. The van der Waals surface area contributed by atoms with Gasteiger partial charge >= 0.3 is 0 Å². The topological polar surface area (TPSA) is 55.4 Å². The van der Waals surface area contributed by atoms with Crippen molar-refractivity contribution in [3.8, 4) is 0 Å². The summed E-state index contributed by atoms with van der Waals surface area (Å²) >= 11 is 0. The lowest BCUT2D eigenvalue weighted by Gasteiger charge is -2.01. The monoisotopic (exact) mass is 159 g/mol. The van der Waals surface area contributed by atoms with Gasteiger partial charge in [-0.25, -0.2) is 0 Å². The minimum absolute atomic E-state index is 0.103. The van der Waals surface area contributed by atoms with E-state index >= 15 is 0 Å². The van der Waals surface area contributed by atoms with E-state index in [-0.39, 0.29) is 12.3 Å². The number of amides is 1. The normalized spacial score (nSPS) is 9.18. The van der Waals surface area contributed by atoms with Gasteiger partial charge in [0.1, 0.15) is 6.29 Å². The van der Waals surface area contributed by atoms with Crippen LogP contribution in [0.15, 0.2) is 0 Å². The number of hydrogen-bond acceptors (Lipinski definition) is 3. The van der Waals surface area contributed by atoms with Crippen LogP contribution in [0.4, 0.5) is 0 Å². The number of ether oxygens (including phenoxy) is 1. The largest absolute Gasteiger partial charge is 0.383 e. The number of rotatable bonds is 6. The molecule has 0 heterocycles. The van der Waals surface area contributed by atoms with Crippen LogP contribution in [0.3, 0.4) is 0 Å². The maximum Gasteiger partial charge on any atom is 0.220 e. The van der Waals surface area contributed by atoms with E-state index in [4.69, 9.17) is 4.74 Å². The predicted octanol–water partition coefficient (Wildman–Crippen LogP) is -0.272. The van der Waals surface area contributed by atoms with Crippen LogP contribution in [-0.4, -0.2) is 32.5 Å². The van der Waals surface area contributed by atoms with Crippen LogP contribution in [0.1, 0.15) is 12.8 Å². The van der Waals surface area contributed by atoms with Gasteiger partial charge in [-0.2, -0.15) is 0 Å². The van der Waals surface area contributed by atoms with Crippen molar-refractivity contribution in [2.24, 2.45) is 0 Å². The predicted molar refractivity (Wildman–Crippen MR) is 40.2 cm³/mol. The summed E-state index contributed by atoms with van der Waals surface area (Å²) in [6, 6.07) is 0. The smallest absolute Gasteiger partial charge is 0.220 e. The first kappa shape index (κ1) is 10.1. The standard InChI is InChI=1S/C7H13NO3/c1-11-6-4-8-7(10)3-2-5-9/h5H,2-4,6H2,1H3,(H,8,10). The third-order valence-corrected chi connectivity index (χ3v) is 1.12. The molecule has 0 aliphatic rings. The molecule has 64 valence electrons. The Labute approximate surface area is 65.9 Å². The summed E-state index contributed by atoms with van der Waals surface area (Å²) in [5.41, 5.74) is 0. The molecule has 0 rings (SSSR count). The lowest BCUT2D eigenvalue weighted by Crippen LogP contribution is -2.26. The van der Waals surface area contributed by atoms with Crippen LogP contribution in [0.5, 0.6) is 0 Å². The summed E-state index contributed by atoms with van der Waals surface area (Å²) in [6.07, 6.45) is 1.29. The summed E-state index contributed by atoms with van der Waals surface area (Å²) in [5, 5.41) is 2.60. The van der Waals surface area contributed by atoms with Crippen LogP contribution < -0.4 is 5.32 Å². The van der Waals surface area contributed by atoms with Crippen LogP contribution in [0.25, 0.3) is 0 Å². The van der Waals surface area contributed by atoms with Gasteiger partial charge in [0.25, 0.3) is 0 Å². The molecule has 4 heteroatoms. The van der Waals surface area contributed by atoms with Gasteiger partial charge in [-0.15, -0.1) is 0 Å². The zero-order valence-corrected chi connectivity index (χ0v) is 6.63. The molecule has 0 saturated carbocycles. The number of carbonyl (C=O) groups excluding carboxylic acids is 2. The van der Waals surface area contributed by atoms with E-state index in [2.05, 4.69) is 5.32 Å². The molecule has 1 amide bonds. The van der Waals surface area contributed by atoms with E-state index in [0.29, 0.717) is 19.6 Å². The van der Waals surface area contributed by atoms with Gasteiger partial charge in [0.2, 0.25) is 5.91 Å². The number of hydrogen-bond donors (Lipinski definition) is 1. The molecule has 0 unspecified atom stereocenters. The molecule has 0 saturated heterocycles. The van der Waals surface area contributed by atoms with E-state index in [0.717, 1.165) is 6.29 Å². The Balaban J connectivity index is 3.15. The maximum atomic E-state index is 10.8. The fraction of sp³-hybridized carbons (Fsp3) is 0.714. The fourth-order valence-electron chi connectivity index (χ4n) is 0.571. The first-order valence-corrected chi connectivity index (χ1v) is 3.50. The molecule has 0 atom stereocenters. The number of methoxy groups -OCH3 is 1. The van der Waals surface area contributed by atoms with Crippen molar-refractivity contribution in [3.05, 3.63) is 0 Å². The van der Waals surface area contributed by atoms with E-state index < -0.39 is 0 Å². The Morgan fingerprint density at radius 1 is 1.64 bits per heavy atom. The first-order valence-electron chi connectivity index (χ1n) is 3.50. The fourth-order valence-corrected chi connectivity index (χ4v) is 0.571. The maximum absolute atomic E-state index is 10.8. The molecule has 0 aromatic rings. The highest BCUT2D eigenvalue weighted by molar-refractivity contribution is 5.77. The molecular formula is C7H13NO3. The van der Waals surface area contributed by atoms with Gasteiger partial charge in [0, 0.05) is 26.5 Å². The Morgan fingerprint density at radius 3 is 2.91 bits per heavy atom. The molecular weight excluding hydrogens is 146 g/mol. The summed E-state index contributed by atoms with van der Waals surface area (Å²) in [7, 11) is 1.57. The molecule has 0 spiro atoms. The van der Waals surface area contributed by atoms with Crippen LogP contribution >= 0.6 is 0 Å². The Hall–Kier alpha value is -0.900. The number of carbonyl (C=O) groups is 2. The highest BCUT2D eigenvalue weighted by Gasteiger charge is 1.97. The molecule has 0 bridgehead atoms. The van der Waals surface area contributed by atoms with Gasteiger partial charge in [-0.05, 0) is 0 Å². The quantitative estimate of drug-likeness (QED) is 0.428. The third-order valence-electron chi connectivity index (χ3n) is 1.12. The SMILES string of the molecule is COCCNC(=O)CCC=O. The van der Waals surface area contributed by atoms with Crippen molar-refractivity contribution in [3.63, 3.8) is 0 Å². The lowest BCUT2D eigenvalue weighted by atomic mass is 10.3. The van der Waals surface area contributed by atoms with Gasteiger partial charge in [-0.3, -0.25) is 4.79 Å². The zero-order chi connectivity index (χ0) is 8.53. The van der Waals surface area contributed by atoms with Gasteiger partial charge in [0.05, 0.1) is 6.61 Å². The second kappa shape index (κ2) is 7.21. The highest BCUT2D eigenvalue weighted by Crippen LogP contribution is 1.82. The van der Waals surface area contributed by atoms with Crippen molar-refractivity contribution < 1.29 is 14.3 Å². The molecule has 11 heavy (non-hydrogen) atoms. The van der Waals surface area contributed by atoms with Gasteiger partial charge in [0.15, 0.2) is 0 Å². The zero-order valence-electron chi connectivity index (χ0n) is 6.63. The second-order valence-electron chi connectivity index (χ2n) is 2.05. The minimum atomic E-state index is -0.103. The van der Waals surface area contributed by atoms with Crippen molar-refractivity contribution >= 4 is 12.2 Å². The average Bonchev–Trinajstić information content (AvgIpc) is 2.01. The van der Waals surface area contributed by atoms with Crippen LogP contribution in [0, 0.1) is 0 Å². The lowest BCUT2D eigenvalue weighted by molar-refractivity contribution is -0.122. The molecule has 0 aliphatic heterocycles. The Morgan fingerprint density at radius 2 is 2.36 bits per heavy atom. The van der Waals surface area contributed by atoms with Crippen molar-refractivity contribution in [1.82, 2.24) is 5.32 Å². The summed E-state index contributed by atoms with van der Waals surface area (Å²) in [4.78, 5) is 20.6. The van der Waals surface area contributed by atoms with Gasteiger partial charge < -0.3 is 14.8 Å².